The Kier molecular flexibility index (Phi) is 5.79. The Bertz CT molecular complexity index is 696. The molecule has 1 aromatic heterocycles. The number of amides is 1. The largest absolute Gasteiger partial charge is 0.468 e. The summed E-state index contributed by atoms with van der Waals surface area (Å²) in [5, 5.41) is 3.06. The monoisotopic (exact) mass is 356 g/mol. The predicted molar refractivity (Wildman–Crippen MR) is 101 cm³/mol. The van der Waals surface area contributed by atoms with Crippen molar-refractivity contribution in [1.82, 2.24) is 10.2 Å². The van der Waals surface area contributed by atoms with Crippen LogP contribution in [0.1, 0.15) is 48.5 Å². The number of nitrogens with zero attached hydrogens (tertiary/aromatic N) is 1. The van der Waals surface area contributed by atoms with E-state index in [0.29, 0.717) is 25.3 Å². The smallest absolute Gasteiger partial charge is 0.251 e. The van der Waals surface area contributed by atoms with Gasteiger partial charge in [-0.1, -0.05) is 32.9 Å². The van der Waals surface area contributed by atoms with Crippen LogP contribution in [0, 0.1) is 0 Å². The van der Waals surface area contributed by atoms with E-state index in [1.807, 2.05) is 36.4 Å². The van der Waals surface area contributed by atoms with Crippen LogP contribution in [0.5, 0.6) is 0 Å². The van der Waals surface area contributed by atoms with Gasteiger partial charge in [0, 0.05) is 25.2 Å². The third-order valence-electron chi connectivity index (χ3n) is 4.83. The average Bonchev–Trinajstić information content (AvgIpc) is 3.16. The molecule has 0 unspecified atom stereocenters. The number of hydrogen-bond acceptors (Lipinski definition) is 4. The normalized spacial score (nSPS) is 17.0. The zero-order chi connectivity index (χ0) is 18.6. The van der Waals surface area contributed by atoms with Crippen LogP contribution in [0.15, 0.2) is 47.1 Å². The predicted octanol–water partition coefficient (Wildman–Crippen LogP) is 3.38. The first-order chi connectivity index (χ1) is 12.4. The summed E-state index contributed by atoms with van der Waals surface area (Å²) in [6.45, 7) is 10.1. The highest BCUT2D eigenvalue weighted by molar-refractivity contribution is 5.94. The van der Waals surface area contributed by atoms with Crippen LogP contribution in [0.25, 0.3) is 0 Å². The highest BCUT2D eigenvalue weighted by Crippen LogP contribution is 2.23. The Morgan fingerprint density at radius 2 is 1.85 bits per heavy atom. The van der Waals surface area contributed by atoms with Gasteiger partial charge in [-0.2, -0.15) is 0 Å². The zero-order valence-electron chi connectivity index (χ0n) is 15.8. The minimum Gasteiger partial charge on any atom is -0.468 e. The SMILES string of the molecule is CC(C)(C)c1ccc(C(=O)NC[C@@H](c2ccco2)N2CCOCC2)cc1. The van der Waals surface area contributed by atoms with Crippen LogP contribution < -0.4 is 5.32 Å². The summed E-state index contributed by atoms with van der Waals surface area (Å²) in [7, 11) is 0. The van der Waals surface area contributed by atoms with Gasteiger partial charge in [0.05, 0.1) is 25.5 Å². The number of ether oxygens (including phenoxy) is 1. The van der Waals surface area contributed by atoms with Gasteiger partial charge in [0.1, 0.15) is 5.76 Å². The van der Waals surface area contributed by atoms with Gasteiger partial charge in [-0.25, -0.2) is 0 Å². The van der Waals surface area contributed by atoms with Gasteiger partial charge in [-0.15, -0.1) is 0 Å². The first-order valence-corrected chi connectivity index (χ1v) is 9.19. The lowest BCUT2D eigenvalue weighted by atomic mass is 9.87. The minimum absolute atomic E-state index is 0.0201. The zero-order valence-corrected chi connectivity index (χ0v) is 15.8. The van der Waals surface area contributed by atoms with Crippen molar-refractivity contribution in [2.75, 3.05) is 32.8 Å². The van der Waals surface area contributed by atoms with E-state index in [1.54, 1.807) is 6.26 Å². The second kappa shape index (κ2) is 8.06. The summed E-state index contributed by atoms with van der Waals surface area (Å²) in [4.78, 5) is 14.9. The van der Waals surface area contributed by atoms with Crippen LogP contribution in [-0.2, 0) is 10.2 Å². The summed E-state index contributed by atoms with van der Waals surface area (Å²) in [5.41, 5.74) is 1.98. The van der Waals surface area contributed by atoms with Crippen LogP contribution in [0.4, 0.5) is 0 Å². The van der Waals surface area contributed by atoms with Crippen molar-refractivity contribution in [3.8, 4) is 0 Å². The Morgan fingerprint density at radius 3 is 2.42 bits per heavy atom. The fraction of sp³-hybridized carbons (Fsp3) is 0.476. The number of nitrogens with one attached hydrogen (secondary N) is 1. The molecule has 1 N–H and O–H groups in total. The van der Waals surface area contributed by atoms with E-state index in [2.05, 4.69) is 31.0 Å². The number of carbonyl (C=O) groups is 1. The second-order valence-corrected chi connectivity index (χ2v) is 7.72. The topological polar surface area (TPSA) is 54.7 Å². The number of furan rings is 1. The molecule has 2 heterocycles. The third kappa shape index (κ3) is 4.54. The molecule has 1 aliphatic rings. The standard InChI is InChI=1S/C21H28N2O3/c1-21(2,3)17-8-6-16(7-9-17)20(24)22-15-18(19-5-4-12-26-19)23-10-13-25-14-11-23/h4-9,12,18H,10-11,13-15H2,1-3H3,(H,22,24)/t18-/m0/s1. The molecule has 140 valence electrons. The molecule has 1 amide bonds. The van der Waals surface area contributed by atoms with Crippen molar-refractivity contribution in [2.24, 2.45) is 0 Å². The molecule has 0 saturated carbocycles. The van der Waals surface area contributed by atoms with E-state index in [4.69, 9.17) is 9.15 Å². The van der Waals surface area contributed by atoms with Gasteiger partial charge in [-0.05, 0) is 35.2 Å². The van der Waals surface area contributed by atoms with E-state index in [-0.39, 0.29) is 17.4 Å². The molecule has 5 heteroatoms. The Balaban J connectivity index is 1.65. The van der Waals surface area contributed by atoms with Crippen molar-refractivity contribution < 1.29 is 13.9 Å². The van der Waals surface area contributed by atoms with Gasteiger partial charge in [0.25, 0.3) is 5.91 Å². The van der Waals surface area contributed by atoms with Crippen molar-refractivity contribution in [2.45, 2.75) is 32.2 Å². The summed E-state index contributed by atoms with van der Waals surface area (Å²) in [5.74, 6) is 0.811. The minimum atomic E-state index is -0.0599. The summed E-state index contributed by atoms with van der Waals surface area (Å²) in [6.07, 6.45) is 1.68. The maximum atomic E-state index is 12.6. The first-order valence-electron chi connectivity index (χ1n) is 9.19. The molecule has 0 radical (unpaired) electrons. The Labute approximate surface area is 155 Å². The molecule has 0 bridgehead atoms. The highest BCUT2D eigenvalue weighted by Gasteiger charge is 2.25. The number of rotatable bonds is 5. The van der Waals surface area contributed by atoms with Crippen molar-refractivity contribution in [3.63, 3.8) is 0 Å². The number of benzene rings is 1. The van der Waals surface area contributed by atoms with E-state index in [0.717, 1.165) is 18.8 Å². The molecule has 1 aliphatic heterocycles. The van der Waals surface area contributed by atoms with Crippen molar-refractivity contribution >= 4 is 5.91 Å². The van der Waals surface area contributed by atoms with Crippen LogP contribution in [0.3, 0.4) is 0 Å². The van der Waals surface area contributed by atoms with E-state index in [9.17, 15) is 4.79 Å². The summed E-state index contributed by atoms with van der Waals surface area (Å²) >= 11 is 0. The molecule has 1 atom stereocenters. The van der Waals surface area contributed by atoms with Crippen LogP contribution >= 0.6 is 0 Å². The van der Waals surface area contributed by atoms with Gasteiger partial charge in [0.15, 0.2) is 0 Å². The van der Waals surface area contributed by atoms with Gasteiger partial charge >= 0.3 is 0 Å². The molecule has 5 nitrogen and oxygen atoms in total. The molecule has 0 spiro atoms. The Morgan fingerprint density at radius 1 is 1.15 bits per heavy atom. The quantitative estimate of drug-likeness (QED) is 0.892. The maximum Gasteiger partial charge on any atom is 0.251 e. The molecule has 3 rings (SSSR count). The number of morpholine rings is 1. The fourth-order valence-corrected chi connectivity index (χ4v) is 3.19. The molecule has 1 fully saturated rings. The summed E-state index contributed by atoms with van der Waals surface area (Å²) < 4.78 is 11.0. The molecule has 1 saturated heterocycles. The Hall–Kier alpha value is -2.11. The molecule has 2 aromatic rings. The number of hydrogen-bond donors (Lipinski definition) is 1. The highest BCUT2D eigenvalue weighted by atomic mass is 16.5. The fourth-order valence-electron chi connectivity index (χ4n) is 3.19. The van der Waals surface area contributed by atoms with Gasteiger partial charge in [0.2, 0.25) is 0 Å². The number of carbonyl (C=O) groups excluding carboxylic acids is 1. The van der Waals surface area contributed by atoms with Crippen molar-refractivity contribution in [3.05, 3.63) is 59.5 Å². The van der Waals surface area contributed by atoms with E-state index < -0.39 is 0 Å². The van der Waals surface area contributed by atoms with Crippen molar-refractivity contribution in [1.29, 1.82) is 0 Å². The molecular formula is C21H28N2O3. The molecular weight excluding hydrogens is 328 g/mol. The third-order valence-corrected chi connectivity index (χ3v) is 4.83. The van der Waals surface area contributed by atoms with Crippen LogP contribution in [-0.4, -0.2) is 43.7 Å². The van der Waals surface area contributed by atoms with E-state index in [1.165, 1.54) is 5.56 Å². The van der Waals surface area contributed by atoms with Gasteiger partial charge < -0.3 is 14.5 Å². The van der Waals surface area contributed by atoms with Gasteiger partial charge in [-0.3, -0.25) is 9.69 Å². The molecule has 0 aliphatic carbocycles. The average molecular weight is 356 g/mol. The lowest BCUT2D eigenvalue weighted by Crippen LogP contribution is -2.43. The maximum absolute atomic E-state index is 12.6. The van der Waals surface area contributed by atoms with E-state index >= 15 is 0 Å². The first kappa shape index (κ1) is 18.7. The molecule has 1 aromatic carbocycles. The summed E-state index contributed by atoms with van der Waals surface area (Å²) in [6, 6.07) is 11.7. The lowest BCUT2D eigenvalue weighted by molar-refractivity contribution is 0.0118. The lowest BCUT2D eigenvalue weighted by Gasteiger charge is -2.33. The molecule has 26 heavy (non-hydrogen) atoms. The second-order valence-electron chi connectivity index (χ2n) is 7.72. The van der Waals surface area contributed by atoms with Crippen LogP contribution in [0.2, 0.25) is 0 Å².